The molecular formula is C24H32N2O4. The Bertz CT molecular complexity index is 877. The Kier molecular flexibility index (Phi) is 6.56. The third-order valence-electron chi connectivity index (χ3n) is 6.51. The third kappa shape index (κ3) is 4.61. The van der Waals surface area contributed by atoms with Crippen molar-refractivity contribution >= 4 is 16.7 Å². The van der Waals surface area contributed by atoms with E-state index in [1.54, 1.807) is 7.11 Å². The molecule has 6 heteroatoms. The Hall–Kier alpha value is -2.15. The lowest BCUT2D eigenvalue weighted by Crippen LogP contribution is -2.45. The van der Waals surface area contributed by atoms with Crippen LogP contribution >= 0.6 is 0 Å². The average molecular weight is 413 g/mol. The second-order valence-electron chi connectivity index (χ2n) is 8.44. The molecule has 6 nitrogen and oxygen atoms in total. The minimum atomic E-state index is -0.0825. The molecular weight excluding hydrogens is 380 g/mol. The number of carbonyl (C=O) groups excluding carboxylic acids is 1. The minimum Gasteiger partial charge on any atom is -0.496 e. The lowest BCUT2D eigenvalue weighted by molar-refractivity contribution is -0.126. The number of hydrogen-bond acceptors (Lipinski definition) is 5. The number of ether oxygens (including phenoxy) is 3. The van der Waals surface area contributed by atoms with Gasteiger partial charge in [0.1, 0.15) is 12.4 Å². The minimum absolute atomic E-state index is 0.0318. The molecule has 1 N–H and O–H groups in total. The van der Waals surface area contributed by atoms with Gasteiger partial charge in [0.2, 0.25) is 5.91 Å². The molecule has 2 aliphatic rings. The van der Waals surface area contributed by atoms with Gasteiger partial charge in [0.05, 0.1) is 18.8 Å². The first-order valence-corrected chi connectivity index (χ1v) is 10.8. The molecule has 2 aliphatic heterocycles. The molecule has 4 rings (SSSR count). The smallest absolute Gasteiger partial charge is 0.246 e. The molecule has 0 saturated carbocycles. The van der Waals surface area contributed by atoms with E-state index in [2.05, 4.69) is 46.6 Å². The summed E-state index contributed by atoms with van der Waals surface area (Å²) in [5, 5.41) is 5.42. The van der Waals surface area contributed by atoms with Crippen molar-refractivity contribution < 1.29 is 19.0 Å². The molecule has 0 aromatic heterocycles. The summed E-state index contributed by atoms with van der Waals surface area (Å²) in [6, 6.07) is 12.7. The Morgan fingerprint density at radius 3 is 2.73 bits per heavy atom. The van der Waals surface area contributed by atoms with Crippen LogP contribution in [-0.4, -0.2) is 63.0 Å². The zero-order valence-corrected chi connectivity index (χ0v) is 18.0. The van der Waals surface area contributed by atoms with Gasteiger partial charge in [0.25, 0.3) is 0 Å². The molecule has 2 aromatic rings. The van der Waals surface area contributed by atoms with Crippen LogP contribution < -0.4 is 10.1 Å². The molecule has 0 aliphatic carbocycles. The summed E-state index contributed by atoms with van der Waals surface area (Å²) >= 11 is 0. The summed E-state index contributed by atoms with van der Waals surface area (Å²) in [7, 11) is 3.28. The van der Waals surface area contributed by atoms with E-state index in [9.17, 15) is 4.79 Å². The van der Waals surface area contributed by atoms with Crippen molar-refractivity contribution in [2.24, 2.45) is 0 Å². The molecule has 2 saturated heterocycles. The first kappa shape index (κ1) is 21.1. The summed E-state index contributed by atoms with van der Waals surface area (Å²) in [5.74, 6) is 0.874. The van der Waals surface area contributed by atoms with Crippen molar-refractivity contribution in [3.05, 3.63) is 42.0 Å². The molecule has 1 spiro atoms. The van der Waals surface area contributed by atoms with Crippen molar-refractivity contribution in [2.45, 2.75) is 43.9 Å². The van der Waals surface area contributed by atoms with Gasteiger partial charge >= 0.3 is 0 Å². The summed E-state index contributed by atoms with van der Waals surface area (Å²) in [4.78, 5) is 14.1. The van der Waals surface area contributed by atoms with Crippen molar-refractivity contribution in [1.82, 2.24) is 10.2 Å². The number of likely N-dealkylation sites (tertiary alicyclic amines) is 1. The quantitative estimate of drug-likeness (QED) is 0.757. The van der Waals surface area contributed by atoms with E-state index in [4.69, 9.17) is 14.2 Å². The van der Waals surface area contributed by atoms with Gasteiger partial charge in [-0.25, -0.2) is 0 Å². The molecule has 2 aromatic carbocycles. The molecule has 2 fully saturated rings. The molecule has 30 heavy (non-hydrogen) atoms. The van der Waals surface area contributed by atoms with E-state index in [1.165, 1.54) is 23.4 Å². The lowest BCUT2D eigenvalue weighted by atomic mass is 9.88. The number of carbonyl (C=O) groups is 1. The topological polar surface area (TPSA) is 60.0 Å². The second-order valence-corrected chi connectivity index (χ2v) is 8.44. The highest BCUT2D eigenvalue weighted by Crippen LogP contribution is 2.39. The van der Waals surface area contributed by atoms with Gasteiger partial charge in [-0.3, -0.25) is 9.69 Å². The zero-order valence-electron chi connectivity index (χ0n) is 18.0. The Labute approximate surface area is 178 Å². The largest absolute Gasteiger partial charge is 0.496 e. The number of methoxy groups -OCH3 is 2. The highest BCUT2D eigenvalue weighted by molar-refractivity contribution is 5.87. The van der Waals surface area contributed by atoms with Crippen LogP contribution in [0.4, 0.5) is 0 Å². The third-order valence-corrected chi connectivity index (χ3v) is 6.51. The number of hydrogen-bond donors (Lipinski definition) is 1. The van der Waals surface area contributed by atoms with E-state index >= 15 is 0 Å². The van der Waals surface area contributed by atoms with Gasteiger partial charge in [0, 0.05) is 38.9 Å². The number of amides is 1. The van der Waals surface area contributed by atoms with Crippen LogP contribution in [-0.2, 0) is 20.8 Å². The van der Waals surface area contributed by atoms with Gasteiger partial charge in [0.15, 0.2) is 0 Å². The molecule has 1 unspecified atom stereocenters. The summed E-state index contributed by atoms with van der Waals surface area (Å²) in [5.41, 5.74) is 1.23. The first-order chi connectivity index (χ1) is 14.6. The lowest BCUT2D eigenvalue weighted by Gasteiger charge is -2.39. The van der Waals surface area contributed by atoms with Crippen molar-refractivity contribution in [1.29, 1.82) is 0 Å². The summed E-state index contributed by atoms with van der Waals surface area (Å²) in [6.45, 7) is 3.58. The molecule has 162 valence electrons. The maximum absolute atomic E-state index is 11.6. The maximum atomic E-state index is 11.6. The molecule has 0 radical (unpaired) electrons. The Balaban J connectivity index is 1.35. The Morgan fingerprint density at radius 1 is 1.17 bits per heavy atom. The SMILES string of the molecule is COCC(=O)NCC1CCC2(CCN(Cc3c(OC)ccc4ccccc34)CC2)O1. The van der Waals surface area contributed by atoms with Crippen LogP contribution in [0.3, 0.4) is 0 Å². The maximum Gasteiger partial charge on any atom is 0.246 e. The predicted octanol–water partition coefficient (Wildman–Crippen LogP) is 3.12. The number of piperidine rings is 1. The first-order valence-electron chi connectivity index (χ1n) is 10.8. The second kappa shape index (κ2) is 9.33. The number of benzene rings is 2. The fourth-order valence-corrected chi connectivity index (χ4v) is 4.83. The summed E-state index contributed by atoms with van der Waals surface area (Å²) < 4.78 is 17.0. The number of nitrogens with one attached hydrogen (secondary N) is 1. The zero-order chi connectivity index (χ0) is 21.0. The normalized spacial score (nSPS) is 21.2. The molecule has 0 bridgehead atoms. The van der Waals surface area contributed by atoms with Gasteiger partial charge in [-0.1, -0.05) is 30.3 Å². The van der Waals surface area contributed by atoms with E-state index in [-0.39, 0.29) is 24.2 Å². The summed E-state index contributed by atoms with van der Waals surface area (Å²) in [6.07, 6.45) is 4.24. The van der Waals surface area contributed by atoms with E-state index in [1.807, 2.05) is 0 Å². The van der Waals surface area contributed by atoms with Crippen LogP contribution in [0.1, 0.15) is 31.2 Å². The van der Waals surface area contributed by atoms with Crippen LogP contribution in [0.2, 0.25) is 0 Å². The van der Waals surface area contributed by atoms with Crippen molar-refractivity contribution in [3.63, 3.8) is 0 Å². The van der Waals surface area contributed by atoms with Gasteiger partial charge in [-0.2, -0.15) is 0 Å². The standard InChI is InChI=1S/C24H32N2O4/c1-28-17-23(27)25-15-19-9-10-24(30-19)11-13-26(14-12-24)16-21-20-6-4-3-5-18(20)7-8-22(21)29-2/h3-8,19H,9-17H2,1-2H3,(H,25,27). The monoisotopic (exact) mass is 412 g/mol. The van der Waals surface area contributed by atoms with Gasteiger partial charge in [-0.15, -0.1) is 0 Å². The van der Waals surface area contributed by atoms with Crippen molar-refractivity contribution in [3.8, 4) is 5.75 Å². The molecule has 1 amide bonds. The number of fused-ring (bicyclic) bond motifs is 1. The van der Waals surface area contributed by atoms with E-state index < -0.39 is 0 Å². The molecule has 2 heterocycles. The fraction of sp³-hybridized carbons (Fsp3) is 0.542. The highest BCUT2D eigenvalue weighted by atomic mass is 16.5. The van der Waals surface area contributed by atoms with E-state index in [0.29, 0.717) is 6.54 Å². The fourth-order valence-electron chi connectivity index (χ4n) is 4.83. The average Bonchev–Trinajstić information content (AvgIpc) is 3.17. The molecule has 1 atom stereocenters. The number of nitrogens with zero attached hydrogens (tertiary/aromatic N) is 1. The van der Waals surface area contributed by atoms with Crippen LogP contribution in [0.25, 0.3) is 10.8 Å². The van der Waals surface area contributed by atoms with Crippen LogP contribution in [0.5, 0.6) is 5.75 Å². The highest BCUT2D eigenvalue weighted by Gasteiger charge is 2.42. The van der Waals surface area contributed by atoms with Gasteiger partial charge < -0.3 is 19.5 Å². The predicted molar refractivity (Wildman–Crippen MR) is 117 cm³/mol. The van der Waals surface area contributed by atoms with E-state index in [0.717, 1.165) is 51.1 Å². The van der Waals surface area contributed by atoms with Gasteiger partial charge in [-0.05, 0) is 42.5 Å². The van der Waals surface area contributed by atoms with Crippen LogP contribution in [0, 0.1) is 0 Å². The van der Waals surface area contributed by atoms with Crippen molar-refractivity contribution in [2.75, 3.05) is 40.5 Å². The van der Waals surface area contributed by atoms with Crippen LogP contribution in [0.15, 0.2) is 36.4 Å². The number of rotatable bonds is 7. The Morgan fingerprint density at radius 2 is 1.97 bits per heavy atom.